The summed E-state index contributed by atoms with van der Waals surface area (Å²) in [7, 11) is -0.578. The Morgan fingerprint density at radius 1 is 1.37 bits per heavy atom. The van der Waals surface area contributed by atoms with Crippen molar-refractivity contribution in [2.45, 2.75) is 50.6 Å². The highest BCUT2D eigenvalue weighted by molar-refractivity contribution is 7.85. The third-order valence-corrected chi connectivity index (χ3v) is 5.29. The molecule has 1 heterocycles. The smallest absolute Gasteiger partial charge is 0.104 e. The number of nitrogens with one attached hydrogen (secondary N) is 1. The second kappa shape index (κ2) is 6.83. The lowest BCUT2D eigenvalue weighted by Gasteiger charge is -2.27. The van der Waals surface area contributed by atoms with Crippen LogP contribution in [0.5, 0.6) is 0 Å². The quantitative estimate of drug-likeness (QED) is 0.715. The van der Waals surface area contributed by atoms with Crippen LogP contribution in [0.2, 0.25) is 0 Å². The van der Waals surface area contributed by atoms with Gasteiger partial charge < -0.3 is 4.90 Å². The van der Waals surface area contributed by atoms with Crippen LogP contribution in [0.25, 0.3) is 0 Å². The number of hydrogen-bond acceptors (Lipinski definition) is 4. The highest BCUT2D eigenvalue weighted by Gasteiger charge is 2.31. The topological polar surface area (TPSA) is 56.1 Å². The Morgan fingerprint density at radius 2 is 2.05 bits per heavy atom. The second-order valence-electron chi connectivity index (χ2n) is 6.01. The molecule has 1 saturated carbocycles. The van der Waals surface area contributed by atoms with Crippen LogP contribution in [0.3, 0.4) is 0 Å². The molecule has 5 heteroatoms. The van der Waals surface area contributed by atoms with Gasteiger partial charge in [-0.3, -0.25) is 9.53 Å². The van der Waals surface area contributed by atoms with Gasteiger partial charge in [-0.05, 0) is 45.6 Å². The van der Waals surface area contributed by atoms with Gasteiger partial charge in [-0.1, -0.05) is 0 Å². The van der Waals surface area contributed by atoms with Crippen LogP contribution in [0.1, 0.15) is 39.0 Å². The Balaban J connectivity index is 1.60. The largest absolute Gasteiger partial charge is 0.302 e. The minimum Gasteiger partial charge on any atom is -0.302 e. The molecule has 19 heavy (non-hydrogen) atoms. The standard InChI is InChI=1S/C14H25N3OS/c1-14(12-15,16-13-4-5-13)6-2-3-7-17-8-10-19(18)11-9-17/h13,16H,2-11H2,1H3. The first kappa shape index (κ1) is 15.0. The average Bonchev–Trinajstić information content (AvgIpc) is 3.21. The maximum absolute atomic E-state index is 11.3. The zero-order valence-electron chi connectivity index (χ0n) is 11.9. The van der Waals surface area contributed by atoms with Crippen LogP contribution in [-0.4, -0.2) is 51.8 Å². The zero-order chi connectivity index (χ0) is 13.7. The van der Waals surface area contributed by atoms with Gasteiger partial charge in [0.05, 0.1) is 6.07 Å². The molecule has 0 aromatic rings. The molecule has 1 atom stereocenters. The molecule has 108 valence electrons. The van der Waals surface area contributed by atoms with Gasteiger partial charge in [-0.2, -0.15) is 5.26 Å². The molecule has 0 aromatic heterocycles. The first-order valence-corrected chi connectivity index (χ1v) is 8.86. The summed E-state index contributed by atoms with van der Waals surface area (Å²) < 4.78 is 11.3. The number of nitrogens with zero attached hydrogens (tertiary/aromatic N) is 2. The lowest BCUT2D eigenvalue weighted by atomic mass is 9.96. The van der Waals surface area contributed by atoms with Gasteiger partial charge in [-0.25, -0.2) is 0 Å². The molecule has 1 aliphatic heterocycles. The maximum atomic E-state index is 11.3. The summed E-state index contributed by atoms with van der Waals surface area (Å²) in [4.78, 5) is 2.40. The van der Waals surface area contributed by atoms with E-state index in [4.69, 9.17) is 0 Å². The van der Waals surface area contributed by atoms with Crippen LogP contribution < -0.4 is 5.32 Å². The second-order valence-corrected chi connectivity index (χ2v) is 7.71. The fourth-order valence-electron chi connectivity index (χ4n) is 2.55. The van der Waals surface area contributed by atoms with Gasteiger partial charge in [0.2, 0.25) is 0 Å². The highest BCUT2D eigenvalue weighted by Crippen LogP contribution is 2.24. The monoisotopic (exact) mass is 283 g/mol. The van der Waals surface area contributed by atoms with Gasteiger partial charge in [0.15, 0.2) is 0 Å². The van der Waals surface area contributed by atoms with Crippen molar-refractivity contribution >= 4 is 10.8 Å². The Labute approximate surface area is 119 Å². The Kier molecular flexibility index (Phi) is 5.37. The molecule has 1 N–H and O–H groups in total. The van der Waals surface area contributed by atoms with E-state index in [1.54, 1.807) is 0 Å². The van der Waals surface area contributed by atoms with Crippen molar-refractivity contribution in [3.63, 3.8) is 0 Å². The molecule has 0 aromatic carbocycles. The Morgan fingerprint density at radius 3 is 2.63 bits per heavy atom. The summed E-state index contributed by atoms with van der Waals surface area (Å²) in [6.45, 7) is 5.06. The third-order valence-electron chi connectivity index (χ3n) is 4.02. The van der Waals surface area contributed by atoms with E-state index >= 15 is 0 Å². The van der Waals surface area contributed by atoms with E-state index in [1.807, 2.05) is 6.92 Å². The van der Waals surface area contributed by atoms with Crippen molar-refractivity contribution < 1.29 is 4.21 Å². The first-order chi connectivity index (χ1) is 9.11. The SMILES string of the molecule is CC(C#N)(CCCCN1CCS(=O)CC1)NC1CC1. The molecule has 0 amide bonds. The van der Waals surface area contributed by atoms with E-state index in [1.165, 1.54) is 12.8 Å². The van der Waals surface area contributed by atoms with Crippen LogP contribution in [0.15, 0.2) is 0 Å². The molecular weight excluding hydrogens is 258 g/mol. The van der Waals surface area contributed by atoms with Crippen LogP contribution >= 0.6 is 0 Å². The van der Waals surface area contributed by atoms with E-state index < -0.39 is 10.8 Å². The maximum Gasteiger partial charge on any atom is 0.104 e. The first-order valence-electron chi connectivity index (χ1n) is 7.38. The fraction of sp³-hybridized carbons (Fsp3) is 0.929. The van der Waals surface area contributed by atoms with Crippen LogP contribution in [0, 0.1) is 11.3 Å². The van der Waals surface area contributed by atoms with E-state index in [0.29, 0.717) is 6.04 Å². The molecule has 2 rings (SSSR count). The molecule has 2 fully saturated rings. The van der Waals surface area contributed by atoms with Gasteiger partial charge in [0, 0.05) is 41.4 Å². The lowest BCUT2D eigenvalue weighted by Crippen LogP contribution is -2.42. The summed E-state index contributed by atoms with van der Waals surface area (Å²) in [5, 5.41) is 12.7. The zero-order valence-corrected chi connectivity index (χ0v) is 12.7. The van der Waals surface area contributed by atoms with Crippen LogP contribution in [0.4, 0.5) is 0 Å². The lowest BCUT2D eigenvalue weighted by molar-refractivity contribution is 0.285. The molecule has 0 spiro atoms. The van der Waals surface area contributed by atoms with E-state index in [0.717, 1.165) is 50.4 Å². The molecule has 4 nitrogen and oxygen atoms in total. The van der Waals surface area contributed by atoms with Gasteiger partial charge in [0.25, 0.3) is 0 Å². The Hall–Kier alpha value is -0.440. The van der Waals surface area contributed by atoms with Crippen molar-refractivity contribution in [3.8, 4) is 6.07 Å². The predicted molar refractivity (Wildman–Crippen MR) is 78.3 cm³/mol. The van der Waals surface area contributed by atoms with E-state index in [-0.39, 0.29) is 5.54 Å². The molecule has 1 saturated heterocycles. The van der Waals surface area contributed by atoms with E-state index in [2.05, 4.69) is 16.3 Å². The van der Waals surface area contributed by atoms with Gasteiger partial charge in [0.1, 0.15) is 5.54 Å². The molecule has 2 aliphatic rings. The van der Waals surface area contributed by atoms with Crippen molar-refractivity contribution in [1.29, 1.82) is 5.26 Å². The van der Waals surface area contributed by atoms with Crippen molar-refractivity contribution in [3.05, 3.63) is 0 Å². The molecule has 0 bridgehead atoms. The normalized spacial score (nSPS) is 24.8. The molecule has 0 radical (unpaired) electrons. The average molecular weight is 283 g/mol. The van der Waals surface area contributed by atoms with Gasteiger partial charge >= 0.3 is 0 Å². The summed E-state index contributed by atoms with van der Waals surface area (Å²) >= 11 is 0. The molecule has 1 unspecified atom stereocenters. The van der Waals surface area contributed by atoms with Crippen molar-refractivity contribution in [1.82, 2.24) is 10.2 Å². The molecule has 1 aliphatic carbocycles. The van der Waals surface area contributed by atoms with Crippen molar-refractivity contribution in [2.24, 2.45) is 0 Å². The van der Waals surface area contributed by atoms with Crippen LogP contribution in [-0.2, 0) is 10.8 Å². The van der Waals surface area contributed by atoms with Gasteiger partial charge in [-0.15, -0.1) is 0 Å². The van der Waals surface area contributed by atoms with E-state index in [9.17, 15) is 9.47 Å². The number of hydrogen-bond donors (Lipinski definition) is 1. The summed E-state index contributed by atoms with van der Waals surface area (Å²) in [6, 6.07) is 3.01. The number of nitriles is 1. The number of rotatable bonds is 7. The minimum absolute atomic E-state index is 0.343. The predicted octanol–water partition coefficient (Wildman–Crippen LogP) is 1.26. The van der Waals surface area contributed by atoms with Crippen molar-refractivity contribution in [2.75, 3.05) is 31.1 Å². The minimum atomic E-state index is -0.578. The highest BCUT2D eigenvalue weighted by atomic mass is 32.2. The molecular formula is C14H25N3OS. The summed E-state index contributed by atoms with van der Waals surface area (Å²) in [6.07, 6.45) is 5.60. The summed E-state index contributed by atoms with van der Waals surface area (Å²) in [5.74, 6) is 1.66. The summed E-state index contributed by atoms with van der Waals surface area (Å²) in [5.41, 5.74) is -0.343. The Bertz CT molecular complexity index is 354. The fourth-order valence-corrected chi connectivity index (χ4v) is 3.68. The third kappa shape index (κ3) is 5.21. The number of unbranched alkanes of at least 4 members (excludes halogenated alkanes) is 1.